The summed E-state index contributed by atoms with van der Waals surface area (Å²) in [4.78, 5) is 23.5. The van der Waals surface area contributed by atoms with Gasteiger partial charge in [-0.3, -0.25) is 9.59 Å². The number of benzene rings is 1. The van der Waals surface area contributed by atoms with E-state index in [2.05, 4.69) is 10.6 Å². The Morgan fingerprint density at radius 3 is 2.10 bits per heavy atom. The van der Waals surface area contributed by atoms with Crippen LogP contribution in [0.1, 0.15) is 20.7 Å². The number of nitrogens with one attached hydrogen (secondary N) is 2. The molecule has 2 aromatic rings. The Balaban J connectivity index is 1.75. The third-order valence-corrected chi connectivity index (χ3v) is 2.77. The van der Waals surface area contributed by atoms with Crippen molar-refractivity contribution in [3.63, 3.8) is 0 Å². The van der Waals surface area contributed by atoms with Gasteiger partial charge in [0, 0.05) is 24.7 Å². The molecule has 108 valence electrons. The summed E-state index contributed by atoms with van der Waals surface area (Å²) in [7, 11) is 0. The first-order valence-electron chi connectivity index (χ1n) is 6.47. The van der Waals surface area contributed by atoms with E-state index in [1.54, 1.807) is 30.3 Å². The topological polar surface area (TPSA) is 85.1 Å². The van der Waals surface area contributed by atoms with Gasteiger partial charge in [-0.1, -0.05) is 18.2 Å². The first kappa shape index (κ1) is 14.5. The van der Waals surface area contributed by atoms with Crippen molar-refractivity contribution < 1.29 is 14.3 Å². The molecule has 0 aliphatic heterocycles. The van der Waals surface area contributed by atoms with Crippen LogP contribution >= 0.6 is 0 Å². The van der Waals surface area contributed by atoms with Crippen LogP contribution in [0.3, 0.4) is 0 Å². The zero-order valence-corrected chi connectivity index (χ0v) is 11.3. The maximum atomic E-state index is 11.7. The number of carbonyl (C=O) groups excluding carboxylic acids is 2. The van der Waals surface area contributed by atoms with Crippen molar-refractivity contribution in [3.05, 3.63) is 71.2 Å². The van der Waals surface area contributed by atoms with Crippen LogP contribution in [-0.4, -0.2) is 24.9 Å². The molecule has 0 aliphatic rings. The smallest absolute Gasteiger partial charge is 0.257 e. The van der Waals surface area contributed by atoms with Gasteiger partial charge in [-0.05, 0) is 18.2 Å². The number of rotatable bonds is 5. The first-order valence-corrected chi connectivity index (χ1v) is 6.47. The van der Waals surface area contributed by atoms with Crippen molar-refractivity contribution in [2.45, 2.75) is 0 Å². The predicted octanol–water partition coefficient (Wildman–Crippen LogP) is 0.480. The van der Waals surface area contributed by atoms with Crippen molar-refractivity contribution in [2.75, 3.05) is 13.1 Å². The minimum Gasteiger partial charge on any atom is -0.619 e. The molecule has 2 N–H and O–H groups in total. The highest BCUT2D eigenvalue weighted by Gasteiger charge is 2.08. The van der Waals surface area contributed by atoms with Gasteiger partial charge in [-0.25, -0.2) is 0 Å². The quantitative estimate of drug-likeness (QED) is 0.476. The molecule has 0 bridgehead atoms. The van der Waals surface area contributed by atoms with E-state index in [1.165, 1.54) is 18.5 Å². The van der Waals surface area contributed by atoms with Gasteiger partial charge in [0.15, 0.2) is 12.4 Å². The lowest BCUT2D eigenvalue weighted by molar-refractivity contribution is -0.605. The van der Waals surface area contributed by atoms with Gasteiger partial charge in [0.05, 0.1) is 0 Å². The molecule has 0 saturated carbocycles. The Hall–Kier alpha value is -2.89. The molecule has 6 nitrogen and oxygen atoms in total. The molecule has 0 radical (unpaired) electrons. The molecule has 0 spiro atoms. The summed E-state index contributed by atoms with van der Waals surface area (Å²) >= 11 is 0. The van der Waals surface area contributed by atoms with Crippen molar-refractivity contribution in [1.82, 2.24) is 10.6 Å². The second-order valence-electron chi connectivity index (χ2n) is 4.33. The van der Waals surface area contributed by atoms with Gasteiger partial charge < -0.3 is 15.8 Å². The molecule has 2 amide bonds. The van der Waals surface area contributed by atoms with Gasteiger partial charge in [-0.15, -0.1) is 0 Å². The van der Waals surface area contributed by atoms with Crippen LogP contribution in [0.2, 0.25) is 0 Å². The molecule has 0 saturated heterocycles. The second-order valence-corrected chi connectivity index (χ2v) is 4.33. The summed E-state index contributed by atoms with van der Waals surface area (Å²) in [6, 6.07) is 11.9. The van der Waals surface area contributed by atoms with Crippen LogP contribution < -0.4 is 15.4 Å². The summed E-state index contributed by atoms with van der Waals surface area (Å²) in [6.07, 6.45) is 2.49. The maximum absolute atomic E-state index is 11.7. The van der Waals surface area contributed by atoms with Crippen LogP contribution in [-0.2, 0) is 0 Å². The minimum atomic E-state index is -0.353. The zero-order chi connectivity index (χ0) is 15.1. The van der Waals surface area contributed by atoms with Crippen molar-refractivity contribution in [3.8, 4) is 0 Å². The van der Waals surface area contributed by atoms with Gasteiger partial charge in [0.1, 0.15) is 5.56 Å². The highest BCUT2D eigenvalue weighted by Crippen LogP contribution is 1.97. The van der Waals surface area contributed by atoms with E-state index in [0.717, 1.165) is 0 Å². The molecule has 1 heterocycles. The van der Waals surface area contributed by atoms with Crippen LogP contribution in [0.4, 0.5) is 0 Å². The summed E-state index contributed by atoms with van der Waals surface area (Å²) < 4.78 is 0.562. The number of pyridine rings is 1. The standard InChI is InChI=1S/C15H15N3O3/c19-14(12-5-2-1-3-6-12)16-8-9-17-15(20)13-7-4-10-18(21)11-13/h1-7,10-11H,8-9H2,(H,16,19)(H,17,20). The summed E-state index contributed by atoms with van der Waals surface area (Å²) in [5.74, 6) is -0.545. The molecule has 21 heavy (non-hydrogen) atoms. The first-order chi connectivity index (χ1) is 10.2. The van der Waals surface area contributed by atoms with E-state index in [1.807, 2.05) is 6.07 Å². The zero-order valence-electron chi connectivity index (χ0n) is 11.3. The molecule has 1 aromatic carbocycles. The molecular weight excluding hydrogens is 270 g/mol. The Morgan fingerprint density at radius 1 is 0.905 bits per heavy atom. The molecule has 0 fully saturated rings. The molecule has 2 rings (SSSR count). The number of hydrogen-bond donors (Lipinski definition) is 2. The van der Waals surface area contributed by atoms with E-state index in [9.17, 15) is 14.8 Å². The largest absolute Gasteiger partial charge is 0.619 e. The van der Waals surface area contributed by atoms with E-state index in [-0.39, 0.29) is 23.9 Å². The van der Waals surface area contributed by atoms with Gasteiger partial charge in [0.25, 0.3) is 11.8 Å². The SMILES string of the molecule is O=C(NCCNC(=O)c1ccc[n+]([O-])c1)c1ccccc1. The van der Waals surface area contributed by atoms with E-state index in [4.69, 9.17) is 0 Å². The maximum Gasteiger partial charge on any atom is 0.257 e. The third kappa shape index (κ3) is 4.31. The molecular formula is C15H15N3O3. The fraction of sp³-hybridized carbons (Fsp3) is 0.133. The number of amides is 2. The summed E-state index contributed by atoms with van der Waals surface area (Å²) in [5, 5.41) is 16.4. The average Bonchev–Trinajstić information content (AvgIpc) is 2.52. The second kappa shape index (κ2) is 7.04. The van der Waals surface area contributed by atoms with E-state index in [0.29, 0.717) is 16.8 Å². The number of aromatic nitrogens is 1. The molecule has 0 unspecified atom stereocenters. The summed E-state index contributed by atoms with van der Waals surface area (Å²) in [5.41, 5.74) is 0.848. The fourth-order valence-electron chi connectivity index (χ4n) is 1.73. The molecule has 0 aliphatic carbocycles. The number of nitrogens with zero attached hydrogens (tertiary/aromatic N) is 1. The molecule has 6 heteroatoms. The monoisotopic (exact) mass is 285 g/mol. The lowest BCUT2D eigenvalue weighted by Gasteiger charge is -2.07. The predicted molar refractivity (Wildman–Crippen MR) is 76.5 cm³/mol. The highest BCUT2D eigenvalue weighted by molar-refractivity contribution is 5.94. The van der Waals surface area contributed by atoms with Crippen LogP contribution in [0, 0.1) is 5.21 Å². The minimum absolute atomic E-state index is 0.193. The fourth-order valence-corrected chi connectivity index (χ4v) is 1.73. The van der Waals surface area contributed by atoms with Gasteiger partial charge >= 0.3 is 0 Å². The van der Waals surface area contributed by atoms with Crippen LogP contribution in [0.5, 0.6) is 0 Å². The lowest BCUT2D eigenvalue weighted by atomic mass is 10.2. The Labute approximate surface area is 122 Å². The normalized spacial score (nSPS) is 9.90. The highest BCUT2D eigenvalue weighted by atomic mass is 16.5. The van der Waals surface area contributed by atoms with E-state index >= 15 is 0 Å². The Kier molecular flexibility index (Phi) is 4.87. The van der Waals surface area contributed by atoms with Gasteiger partial charge in [-0.2, -0.15) is 4.73 Å². The van der Waals surface area contributed by atoms with E-state index < -0.39 is 0 Å². The molecule has 0 atom stereocenters. The lowest BCUT2D eigenvalue weighted by Crippen LogP contribution is -2.35. The number of hydrogen-bond acceptors (Lipinski definition) is 3. The van der Waals surface area contributed by atoms with Crippen molar-refractivity contribution in [2.24, 2.45) is 0 Å². The third-order valence-electron chi connectivity index (χ3n) is 2.77. The summed E-state index contributed by atoms with van der Waals surface area (Å²) in [6.45, 7) is 0.592. The Morgan fingerprint density at radius 2 is 1.48 bits per heavy atom. The van der Waals surface area contributed by atoms with Crippen molar-refractivity contribution >= 4 is 11.8 Å². The average molecular weight is 285 g/mol. The Bertz CT molecular complexity index is 629. The van der Waals surface area contributed by atoms with Crippen molar-refractivity contribution in [1.29, 1.82) is 0 Å². The van der Waals surface area contributed by atoms with Crippen LogP contribution in [0.25, 0.3) is 0 Å². The van der Waals surface area contributed by atoms with Crippen LogP contribution in [0.15, 0.2) is 54.9 Å². The van der Waals surface area contributed by atoms with Gasteiger partial charge in [0.2, 0.25) is 0 Å². The number of carbonyl (C=O) groups is 2. The molecule has 1 aromatic heterocycles.